The summed E-state index contributed by atoms with van der Waals surface area (Å²) in [4.78, 5) is 12.3. The van der Waals surface area contributed by atoms with Gasteiger partial charge < -0.3 is 10.1 Å². The van der Waals surface area contributed by atoms with Crippen molar-refractivity contribution >= 4 is 5.91 Å². The van der Waals surface area contributed by atoms with Crippen molar-refractivity contribution in [1.82, 2.24) is 5.32 Å². The van der Waals surface area contributed by atoms with E-state index >= 15 is 0 Å². The van der Waals surface area contributed by atoms with E-state index in [2.05, 4.69) is 17.4 Å². The summed E-state index contributed by atoms with van der Waals surface area (Å²) in [7, 11) is 0. The van der Waals surface area contributed by atoms with Gasteiger partial charge in [0.2, 0.25) is 0 Å². The average molecular weight is 331 g/mol. The molecule has 0 saturated heterocycles. The van der Waals surface area contributed by atoms with Crippen molar-refractivity contribution in [3.8, 4) is 16.9 Å². The smallest absolute Gasteiger partial charge is 0.251 e. The largest absolute Gasteiger partial charge is 0.494 e. The van der Waals surface area contributed by atoms with Gasteiger partial charge in [0.1, 0.15) is 5.75 Å². The van der Waals surface area contributed by atoms with Crippen LogP contribution in [0.2, 0.25) is 0 Å². The highest BCUT2D eigenvalue weighted by molar-refractivity contribution is 5.94. The van der Waals surface area contributed by atoms with Crippen LogP contribution in [-0.4, -0.2) is 12.5 Å². The summed E-state index contributed by atoms with van der Waals surface area (Å²) >= 11 is 0. The predicted octanol–water partition coefficient (Wildman–Crippen LogP) is 4.68. The summed E-state index contributed by atoms with van der Waals surface area (Å²) in [5, 5.41) is 2.95. The second-order valence-corrected chi connectivity index (χ2v) is 5.70. The van der Waals surface area contributed by atoms with Crippen LogP contribution in [0.1, 0.15) is 22.8 Å². The molecule has 3 rings (SSSR count). The van der Waals surface area contributed by atoms with Crippen molar-refractivity contribution in [3.05, 3.63) is 90.0 Å². The van der Waals surface area contributed by atoms with E-state index in [0.717, 1.165) is 22.4 Å². The molecule has 0 aromatic heterocycles. The molecule has 126 valence electrons. The quantitative estimate of drug-likeness (QED) is 0.712. The van der Waals surface area contributed by atoms with Gasteiger partial charge in [-0.25, -0.2) is 0 Å². The molecule has 0 aliphatic heterocycles. The van der Waals surface area contributed by atoms with E-state index in [1.165, 1.54) is 0 Å². The van der Waals surface area contributed by atoms with E-state index in [1.807, 2.05) is 73.7 Å². The topological polar surface area (TPSA) is 38.3 Å². The monoisotopic (exact) mass is 331 g/mol. The summed E-state index contributed by atoms with van der Waals surface area (Å²) in [6.07, 6.45) is 0. The minimum atomic E-state index is -0.0755. The number of carbonyl (C=O) groups excluding carboxylic acids is 1. The van der Waals surface area contributed by atoms with Gasteiger partial charge in [-0.15, -0.1) is 0 Å². The number of nitrogens with one attached hydrogen (secondary N) is 1. The minimum absolute atomic E-state index is 0.0755. The number of amides is 1. The first-order valence-electron chi connectivity index (χ1n) is 8.41. The first kappa shape index (κ1) is 16.8. The third kappa shape index (κ3) is 4.48. The zero-order valence-electron chi connectivity index (χ0n) is 14.2. The third-order valence-electron chi connectivity index (χ3n) is 3.94. The molecule has 3 aromatic rings. The van der Waals surface area contributed by atoms with Gasteiger partial charge in [-0.1, -0.05) is 54.6 Å². The number of rotatable bonds is 6. The number of carbonyl (C=O) groups is 1. The Hall–Kier alpha value is -3.07. The molecule has 0 bridgehead atoms. The van der Waals surface area contributed by atoms with Gasteiger partial charge in [0.15, 0.2) is 0 Å². The molecule has 0 fully saturated rings. The molecule has 0 saturated carbocycles. The molecule has 0 unspecified atom stereocenters. The number of benzene rings is 3. The fourth-order valence-corrected chi connectivity index (χ4v) is 2.60. The summed E-state index contributed by atoms with van der Waals surface area (Å²) < 4.78 is 5.42. The highest BCUT2D eigenvalue weighted by atomic mass is 16.5. The standard InChI is InChI=1S/C22H21NO2/c1-2-25-21-14-8-17(9-15-21)16-23-22(24)20-12-10-19(11-13-20)18-6-4-3-5-7-18/h3-15H,2,16H2,1H3,(H,23,24). The Labute approximate surface area is 148 Å². The van der Waals surface area contributed by atoms with Gasteiger partial charge >= 0.3 is 0 Å². The van der Waals surface area contributed by atoms with Gasteiger partial charge in [0.25, 0.3) is 5.91 Å². The van der Waals surface area contributed by atoms with Crippen LogP contribution < -0.4 is 10.1 Å². The summed E-state index contributed by atoms with van der Waals surface area (Å²) in [6.45, 7) is 3.10. The lowest BCUT2D eigenvalue weighted by molar-refractivity contribution is 0.0951. The van der Waals surface area contributed by atoms with Crippen LogP contribution in [0.3, 0.4) is 0 Å². The molecule has 3 nitrogen and oxygen atoms in total. The first-order valence-corrected chi connectivity index (χ1v) is 8.41. The van der Waals surface area contributed by atoms with E-state index in [1.54, 1.807) is 0 Å². The molecule has 1 amide bonds. The molecular weight excluding hydrogens is 310 g/mol. The predicted molar refractivity (Wildman–Crippen MR) is 101 cm³/mol. The molecule has 3 aromatic carbocycles. The Morgan fingerprint density at radius 2 is 1.48 bits per heavy atom. The fourth-order valence-electron chi connectivity index (χ4n) is 2.60. The Morgan fingerprint density at radius 3 is 2.12 bits per heavy atom. The maximum absolute atomic E-state index is 12.3. The van der Waals surface area contributed by atoms with Gasteiger partial charge in [-0.05, 0) is 47.9 Å². The molecule has 0 aliphatic rings. The van der Waals surface area contributed by atoms with Crippen LogP contribution in [0.5, 0.6) is 5.75 Å². The highest BCUT2D eigenvalue weighted by Crippen LogP contribution is 2.19. The van der Waals surface area contributed by atoms with Crippen LogP contribution >= 0.6 is 0 Å². The molecule has 0 atom stereocenters. The summed E-state index contributed by atoms with van der Waals surface area (Å²) in [5.41, 5.74) is 3.94. The van der Waals surface area contributed by atoms with Crippen LogP contribution in [0.15, 0.2) is 78.9 Å². The zero-order chi connectivity index (χ0) is 17.5. The van der Waals surface area contributed by atoms with Gasteiger partial charge in [-0.2, -0.15) is 0 Å². The second kappa shape index (κ2) is 8.15. The normalized spacial score (nSPS) is 10.3. The maximum atomic E-state index is 12.3. The lowest BCUT2D eigenvalue weighted by Crippen LogP contribution is -2.22. The lowest BCUT2D eigenvalue weighted by Gasteiger charge is -2.08. The number of hydrogen-bond donors (Lipinski definition) is 1. The molecule has 0 heterocycles. The van der Waals surface area contributed by atoms with Crippen molar-refractivity contribution in [3.63, 3.8) is 0 Å². The van der Waals surface area contributed by atoms with Crippen molar-refractivity contribution in [2.45, 2.75) is 13.5 Å². The molecule has 25 heavy (non-hydrogen) atoms. The summed E-state index contributed by atoms with van der Waals surface area (Å²) in [5.74, 6) is 0.766. The Balaban J connectivity index is 1.59. The minimum Gasteiger partial charge on any atom is -0.494 e. The Bertz CT molecular complexity index is 809. The SMILES string of the molecule is CCOc1ccc(CNC(=O)c2ccc(-c3ccccc3)cc2)cc1. The Kier molecular flexibility index (Phi) is 5.47. The van der Waals surface area contributed by atoms with Crippen LogP contribution in [0.25, 0.3) is 11.1 Å². The highest BCUT2D eigenvalue weighted by Gasteiger charge is 2.06. The molecular formula is C22H21NO2. The summed E-state index contributed by atoms with van der Waals surface area (Å²) in [6, 6.07) is 25.5. The van der Waals surface area contributed by atoms with E-state index in [0.29, 0.717) is 18.7 Å². The van der Waals surface area contributed by atoms with Crippen LogP contribution in [0, 0.1) is 0 Å². The molecule has 1 N–H and O–H groups in total. The van der Waals surface area contributed by atoms with E-state index in [-0.39, 0.29) is 5.91 Å². The first-order chi connectivity index (χ1) is 12.3. The van der Waals surface area contributed by atoms with E-state index < -0.39 is 0 Å². The number of hydrogen-bond acceptors (Lipinski definition) is 2. The fraction of sp³-hybridized carbons (Fsp3) is 0.136. The van der Waals surface area contributed by atoms with Gasteiger partial charge in [-0.3, -0.25) is 4.79 Å². The van der Waals surface area contributed by atoms with E-state index in [4.69, 9.17) is 4.74 Å². The van der Waals surface area contributed by atoms with Crippen molar-refractivity contribution < 1.29 is 9.53 Å². The van der Waals surface area contributed by atoms with Crippen molar-refractivity contribution in [2.75, 3.05) is 6.61 Å². The van der Waals surface area contributed by atoms with Crippen molar-refractivity contribution in [2.24, 2.45) is 0 Å². The average Bonchev–Trinajstić information content (AvgIpc) is 2.68. The van der Waals surface area contributed by atoms with Gasteiger partial charge in [0.05, 0.1) is 6.61 Å². The Morgan fingerprint density at radius 1 is 0.840 bits per heavy atom. The van der Waals surface area contributed by atoms with Crippen molar-refractivity contribution in [1.29, 1.82) is 0 Å². The maximum Gasteiger partial charge on any atom is 0.251 e. The van der Waals surface area contributed by atoms with Gasteiger partial charge in [0, 0.05) is 12.1 Å². The lowest BCUT2D eigenvalue weighted by atomic mass is 10.0. The zero-order valence-corrected chi connectivity index (χ0v) is 14.2. The van der Waals surface area contributed by atoms with E-state index in [9.17, 15) is 4.79 Å². The number of ether oxygens (including phenoxy) is 1. The van der Waals surface area contributed by atoms with Crippen LogP contribution in [-0.2, 0) is 6.54 Å². The third-order valence-corrected chi connectivity index (χ3v) is 3.94. The molecule has 3 heteroatoms. The molecule has 0 radical (unpaired) electrons. The van der Waals surface area contributed by atoms with Crippen LogP contribution in [0.4, 0.5) is 0 Å². The molecule has 0 aliphatic carbocycles. The second-order valence-electron chi connectivity index (χ2n) is 5.70. The molecule has 0 spiro atoms.